The summed E-state index contributed by atoms with van der Waals surface area (Å²) in [4.78, 5) is 0. The van der Waals surface area contributed by atoms with Crippen LogP contribution in [0.2, 0.25) is 0 Å². The predicted octanol–water partition coefficient (Wildman–Crippen LogP) is 2.05. The van der Waals surface area contributed by atoms with E-state index >= 15 is 0 Å². The molecule has 0 saturated carbocycles. The fourth-order valence-corrected chi connectivity index (χ4v) is 1.75. The van der Waals surface area contributed by atoms with Gasteiger partial charge in [0.1, 0.15) is 0 Å². The number of nitrogens with one attached hydrogen (secondary N) is 1. The Morgan fingerprint density at radius 1 is 1.43 bits per heavy atom. The molecule has 2 N–H and O–H groups in total. The molecule has 0 atom stereocenters. The molecule has 84 valence electrons. The van der Waals surface area contributed by atoms with Gasteiger partial charge in [0.05, 0.1) is 5.60 Å². The van der Waals surface area contributed by atoms with Crippen LogP contribution in [-0.2, 0) is 0 Å². The van der Waals surface area contributed by atoms with E-state index in [4.69, 9.17) is 0 Å². The summed E-state index contributed by atoms with van der Waals surface area (Å²) in [5, 5.41) is 13.2. The lowest BCUT2D eigenvalue weighted by Crippen LogP contribution is -2.40. The zero-order valence-corrected chi connectivity index (χ0v) is 10.2. The molecule has 0 radical (unpaired) electrons. The van der Waals surface area contributed by atoms with Gasteiger partial charge < -0.3 is 10.4 Å². The van der Waals surface area contributed by atoms with Crippen molar-refractivity contribution >= 4 is 11.8 Å². The van der Waals surface area contributed by atoms with Crippen LogP contribution in [0, 0.1) is 0 Å². The highest BCUT2D eigenvalue weighted by molar-refractivity contribution is 7.99. The highest BCUT2D eigenvalue weighted by atomic mass is 32.2. The van der Waals surface area contributed by atoms with E-state index in [1.165, 1.54) is 0 Å². The third-order valence-electron chi connectivity index (χ3n) is 2.43. The summed E-state index contributed by atoms with van der Waals surface area (Å²) < 4.78 is 0. The van der Waals surface area contributed by atoms with Crippen LogP contribution >= 0.6 is 11.8 Å². The van der Waals surface area contributed by atoms with Crippen molar-refractivity contribution in [1.29, 1.82) is 0 Å². The summed E-state index contributed by atoms with van der Waals surface area (Å²) in [7, 11) is 0. The second-order valence-corrected chi connectivity index (χ2v) is 4.62. The van der Waals surface area contributed by atoms with E-state index in [-0.39, 0.29) is 0 Å². The van der Waals surface area contributed by atoms with Crippen molar-refractivity contribution in [2.75, 3.05) is 24.6 Å². The molecule has 0 heterocycles. The zero-order chi connectivity index (χ0) is 10.9. The maximum atomic E-state index is 9.95. The molecule has 0 bridgehead atoms. The minimum atomic E-state index is -0.511. The summed E-state index contributed by atoms with van der Waals surface area (Å²) in [6, 6.07) is 0. The predicted molar refractivity (Wildman–Crippen MR) is 65.9 cm³/mol. The van der Waals surface area contributed by atoms with Crippen molar-refractivity contribution in [3.05, 3.63) is 12.7 Å². The second-order valence-electron chi connectivity index (χ2n) is 3.47. The Balaban J connectivity index is 3.38. The first-order valence-electron chi connectivity index (χ1n) is 5.30. The van der Waals surface area contributed by atoms with Gasteiger partial charge in [-0.1, -0.05) is 19.9 Å². The molecular weight excluding hydrogens is 194 g/mol. The van der Waals surface area contributed by atoms with E-state index < -0.39 is 5.60 Å². The van der Waals surface area contributed by atoms with Crippen LogP contribution in [0.15, 0.2) is 12.7 Å². The SMILES string of the molecule is C=CCSCCNCC(O)(CC)CC. The summed E-state index contributed by atoms with van der Waals surface area (Å²) in [5.74, 6) is 2.09. The molecule has 14 heavy (non-hydrogen) atoms. The number of rotatable bonds is 9. The Hall–Kier alpha value is 0.01000. The van der Waals surface area contributed by atoms with Gasteiger partial charge in [0, 0.05) is 24.6 Å². The molecule has 3 heteroatoms. The Labute approximate surface area is 92.2 Å². The van der Waals surface area contributed by atoms with Crippen LogP contribution in [0.3, 0.4) is 0 Å². The summed E-state index contributed by atoms with van der Waals surface area (Å²) in [5.41, 5.74) is -0.511. The molecule has 0 spiro atoms. The normalized spacial score (nSPS) is 11.6. The van der Waals surface area contributed by atoms with Gasteiger partial charge in [0.15, 0.2) is 0 Å². The summed E-state index contributed by atoms with van der Waals surface area (Å²) >= 11 is 1.86. The Morgan fingerprint density at radius 2 is 2.07 bits per heavy atom. The fourth-order valence-electron chi connectivity index (χ4n) is 1.13. The third-order valence-corrected chi connectivity index (χ3v) is 3.39. The van der Waals surface area contributed by atoms with Gasteiger partial charge in [-0.05, 0) is 12.8 Å². The van der Waals surface area contributed by atoms with E-state index in [1.807, 2.05) is 31.7 Å². The van der Waals surface area contributed by atoms with Crippen molar-refractivity contribution in [3.63, 3.8) is 0 Å². The quantitative estimate of drug-likeness (QED) is 0.458. The molecule has 0 rings (SSSR count). The van der Waals surface area contributed by atoms with Gasteiger partial charge >= 0.3 is 0 Å². The molecule has 0 amide bonds. The lowest BCUT2D eigenvalue weighted by atomic mass is 9.98. The van der Waals surface area contributed by atoms with Crippen LogP contribution in [0.5, 0.6) is 0 Å². The van der Waals surface area contributed by atoms with Crippen LogP contribution in [0.1, 0.15) is 26.7 Å². The number of hydrogen-bond donors (Lipinski definition) is 2. The van der Waals surface area contributed by atoms with Crippen molar-refractivity contribution in [2.24, 2.45) is 0 Å². The standard InChI is InChI=1S/C11H23NOS/c1-4-8-14-9-7-12-10-11(13,5-2)6-3/h4,12-13H,1,5-10H2,2-3H3. The molecule has 0 aliphatic heterocycles. The zero-order valence-electron chi connectivity index (χ0n) is 9.38. The van der Waals surface area contributed by atoms with Crippen LogP contribution < -0.4 is 5.32 Å². The number of thioether (sulfide) groups is 1. The Bertz CT molecular complexity index is 146. The Morgan fingerprint density at radius 3 is 2.57 bits per heavy atom. The smallest absolute Gasteiger partial charge is 0.0766 e. The average molecular weight is 217 g/mol. The maximum Gasteiger partial charge on any atom is 0.0766 e. The Kier molecular flexibility index (Phi) is 8.34. The largest absolute Gasteiger partial charge is 0.389 e. The fraction of sp³-hybridized carbons (Fsp3) is 0.818. The molecular formula is C11H23NOS. The van der Waals surface area contributed by atoms with Crippen LogP contribution in [-0.4, -0.2) is 35.3 Å². The van der Waals surface area contributed by atoms with E-state index in [1.54, 1.807) is 0 Å². The molecule has 0 saturated heterocycles. The first kappa shape index (κ1) is 14.0. The minimum Gasteiger partial charge on any atom is -0.389 e. The maximum absolute atomic E-state index is 9.95. The second kappa shape index (κ2) is 8.33. The molecule has 0 aromatic heterocycles. The van der Waals surface area contributed by atoms with Gasteiger partial charge in [-0.15, -0.1) is 6.58 Å². The van der Waals surface area contributed by atoms with E-state index in [9.17, 15) is 5.11 Å². The van der Waals surface area contributed by atoms with Crippen LogP contribution in [0.4, 0.5) is 0 Å². The van der Waals surface area contributed by atoms with Gasteiger partial charge in [-0.3, -0.25) is 0 Å². The third kappa shape index (κ3) is 6.46. The molecule has 0 fully saturated rings. The summed E-state index contributed by atoms with van der Waals surface area (Å²) in [6.07, 6.45) is 3.55. The van der Waals surface area contributed by atoms with E-state index in [0.29, 0.717) is 6.54 Å². The monoisotopic (exact) mass is 217 g/mol. The highest BCUT2D eigenvalue weighted by Gasteiger charge is 2.20. The molecule has 0 aliphatic carbocycles. The minimum absolute atomic E-state index is 0.511. The highest BCUT2D eigenvalue weighted by Crippen LogP contribution is 2.12. The van der Waals surface area contributed by atoms with Crippen molar-refractivity contribution in [3.8, 4) is 0 Å². The lowest BCUT2D eigenvalue weighted by molar-refractivity contribution is 0.0332. The number of aliphatic hydroxyl groups is 1. The van der Waals surface area contributed by atoms with Crippen LogP contribution in [0.25, 0.3) is 0 Å². The van der Waals surface area contributed by atoms with Crippen molar-refractivity contribution < 1.29 is 5.11 Å². The topological polar surface area (TPSA) is 32.3 Å². The average Bonchev–Trinajstić information content (AvgIpc) is 2.23. The van der Waals surface area contributed by atoms with Gasteiger partial charge in [-0.2, -0.15) is 11.8 Å². The number of hydrogen-bond acceptors (Lipinski definition) is 3. The molecule has 0 aliphatic rings. The van der Waals surface area contributed by atoms with Crippen molar-refractivity contribution in [2.45, 2.75) is 32.3 Å². The van der Waals surface area contributed by atoms with E-state index in [0.717, 1.165) is 30.9 Å². The van der Waals surface area contributed by atoms with Gasteiger partial charge in [-0.25, -0.2) is 0 Å². The molecule has 2 nitrogen and oxygen atoms in total. The molecule has 0 aromatic carbocycles. The molecule has 0 unspecified atom stereocenters. The lowest BCUT2D eigenvalue weighted by Gasteiger charge is -2.25. The van der Waals surface area contributed by atoms with E-state index in [2.05, 4.69) is 11.9 Å². The molecule has 0 aromatic rings. The first-order valence-corrected chi connectivity index (χ1v) is 6.45. The van der Waals surface area contributed by atoms with Gasteiger partial charge in [0.25, 0.3) is 0 Å². The summed E-state index contributed by atoms with van der Waals surface area (Å²) in [6.45, 7) is 9.38. The first-order chi connectivity index (χ1) is 6.68. The van der Waals surface area contributed by atoms with Crippen molar-refractivity contribution in [1.82, 2.24) is 5.32 Å². The van der Waals surface area contributed by atoms with Gasteiger partial charge in [0.2, 0.25) is 0 Å².